The van der Waals surface area contributed by atoms with Gasteiger partial charge in [-0.05, 0) is 35.0 Å². The third-order valence-corrected chi connectivity index (χ3v) is 2.63. The summed E-state index contributed by atoms with van der Waals surface area (Å²) in [5.41, 5.74) is -3.24. The summed E-state index contributed by atoms with van der Waals surface area (Å²) in [6, 6.07) is 1.95. The standard InChI is InChI=1S/C9H5BrF3NO3/c1-4(15)5-2-3-6(10)7(9(11,12)13)8(5)14(16)17/h2-3H,1H3. The van der Waals surface area contributed by atoms with E-state index in [0.29, 0.717) is 0 Å². The summed E-state index contributed by atoms with van der Waals surface area (Å²) in [5.74, 6) is -0.797. The van der Waals surface area contributed by atoms with Crippen molar-refractivity contribution in [2.75, 3.05) is 0 Å². The Morgan fingerprint density at radius 3 is 2.29 bits per heavy atom. The van der Waals surface area contributed by atoms with Gasteiger partial charge in [-0.2, -0.15) is 13.2 Å². The van der Waals surface area contributed by atoms with Crippen LogP contribution in [0.3, 0.4) is 0 Å². The molecule has 0 aliphatic heterocycles. The van der Waals surface area contributed by atoms with Gasteiger partial charge in [-0.3, -0.25) is 14.9 Å². The molecule has 0 spiro atoms. The average Bonchev–Trinajstić information content (AvgIpc) is 2.14. The maximum absolute atomic E-state index is 12.7. The second kappa shape index (κ2) is 4.44. The van der Waals surface area contributed by atoms with Gasteiger partial charge in [-0.1, -0.05) is 0 Å². The molecule has 0 saturated carbocycles. The lowest BCUT2D eigenvalue weighted by Gasteiger charge is -2.11. The van der Waals surface area contributed by atoms with E-state index in [1.54, 1.807) is 0 Å². The molecule has 0 bridgehead atoms. The molecule has 4 nitrogen and oxygen atoms in total. The van der Waals surface area contributed by atoms with E-state index >= 15 is 0 Å². The van der Waals surface area contributed by atoms with Gasteiger partial charge in [0.1, 0.15) is 5.56 Å². The molecular weight excluding hydrogens is 307 g/mol. The first-order chi connectivity index (χ1) is 7.66. The summed E-state index contributed by atoms with van der Waals surface area (Å²) in [4.78, 5) is 20.5. The smallest absolute Gasteiger partial charge is 0.294 e. The zero-order chi connectivity index (χ0) is 13.4. The number of nitrogens with zero attached hydrogens (tertiary/aromatic N) is 1. The molecule has 17 heavy (non-hydrogen) atoms. The lowest BCUT2D eigenvalue weighted by atomic mass is 10.0. The predicted molar refractivity (Wildman–Crippen MR) is 55.8 cm³/mol. The maximum atomic E-state index is 12.7. The van der Waals surface area contributed by atoms with Crippen LogP contribution in [0.25, 0.3) is 0 Å². The Balaban J connectivity index is 3.73. The number of nitro benzene ring substituents is 1. The Labute approximate surface area is 102 Å². The normalized spacial score (nSPS) is 11.4. The van der Waals surface area contributed by atoms with Crippen LogP contribution in [-0.4, -0.2) is 10.7 Å². The largest absolute Gasteiger partial charge is 0.424 e. The highest BCUT2D eigenvalue weighted by Gasteiger charge is 2.42. The van der Waals surface area contributed by atoms with Crippen molar-refractivity contribution in [1.82, 2.24) is 0 Å². The highest BCUT2D eigenvalue weighted by molar-refractivity contribution is 9.10. The summed E-state index contributed by atoms with van der Waals surface area (Å²) >= 11 is 2.60. The van der Waals surface area contributed by atoms with Gasteiger partial charge >= 0.3 is 6.18 Å². The highest BCUT2D eigenvalue weighted by atomic mass is 79.9. The summed E-state index contributed by atoms with van der Waals surface area (Å²) < 4.78 is 37.5. The number of alkyl halides is 3. The second-order valence-electron chi connectivity index (χ2n) is 3.13. The van der Waals surface area contributed by atoms with Crippen LogP contribution in [0.1, 0.15) is 22.8 Å². The number of halogens is 4. The Morgan fingerprint density at radius 1 is 1.41 bits per heavy atom. The topological polar surface area (TPSA) is 60.2 Å². The van der Waals surface area contributed by atoms with Crippen molar-refractivity contribution in [1.29, 1.82) is 0 Å². The van der Waals surface area contributed by atoms with Gasteiger partial charge in [0.05, 0.1) is 10.5 Å². The van der Waals surface area contributed by atoms with Crippen LogP contribution in [0.5, 0.6) is 0 Å². The number of hydrogen-bond acceptors (Lipinski definition) is 3. The van der Waals surface area contributed by atoms with Crippen LogP contribution >= 0.6 is 15.9 Å². The minimum absolute atomic E-state index is 0.471. The number of hydrogen-bond donors (Lipinski definition) is 0. The molecule has 1 aromatic carbocycles. The number of carbonyl (C=O) groups excluding carboxylic acids is 1. The van der Waals surface area contributed by atoms with Crippen LogP contribution in [0, 0.1) is 10.1 Å². The molecule has 92 valence electrons. The van der Waals surface area contributed by atoms with Crippen LogP contribution in [-0.2, 0) is 6.18 Å². The number of rotatable bonds is 2. The maximum Gasteiger partial charge on any atom is 0.424 e. The van der Waals surface area contributed by atoms with Gasteiger partial charge in [-0.25, -0.2) is 0 Å². The Hall–Kier alpha value is -1.44. The molecule has 0 aromatic heterocycles. The van der Waals surface area contributed by atoms with Crippen LogP contribution < -0.4 is 0 Å². The SMILES string of the molecule is CC(=O)c1ccc(Br)c(C(F)(F)F)c1[N+](=O)[O-]. The minimum Gasteiger partial charge on any atom is -0.294 e. The van der Waals surface area contributed by atoms with E-state index in [9.17, 15) is 28.1 Å². The fourth-order valence-electron chi connectivity index (χ4n) is 1.31. The van der Waals surface area contributed by atoms with E-state index in [2.05, 4.69) is 15.9 Å². The lowest BCUT2D eigenvalue weighted by molar-refractivity contribution is -0.388. The van der Waals surface area contributed by atoms with Crippen molar-refractivity contribution in [2.45, 2.75) is 13.1 Å². The molecule has 0 amide bonds. The van der Waals surface area contributed by atoms with E-state index in [1.165, 1.54) is 0 Å². The molecule has 1 rings (SSSR count). The second-order valence-corrected chi connectivity index (χ2v) is 3.98. The van der Waals surface area contributed by atoms with Crippen molar-refractivity contribution < 1.29 is 22.9 Å². The average molecular weight is 312 g/mol. The van der Waals surface area contributed by atoms with Gasteiger partial charge in [0.15, 0.2) is 5.78 Å². The fourth-order valence-corrected chi connectivity index (χ4v) is 1.85. The zero-order valence-corrected chi connectivity index (χ0v) is 9.92. The molecule has 0 fully saturated rings. The van der Waals surface area contributed by atoms with Crippen LogP contribution in [0.15, 0.2) is 16.6 Å². The quantitative estimate of drug-likeness (QED) is 0.476. The first kappa shape index (κ1) is 13.6. The fraction of sp³-hybridized carbons (Fsp3) is 0.222. The molecule has 0 aliphatic rings. The van der Waals surface area contributed by atoms with Gasteiger partial charge in [0, 0.05) is 4.47 Å². The van der Waals surface area contributed by atoms with Crippen LogP contribution in [0.2, 0.25) is 0 Å². The Morgan fingerprint density at radius 2 is 1.94 bits per heavy atom. The molecule has 0 atom stereocenters. The lowest BCUT2D eigenvalue weighted by Crippen LogP contribution is -2.13. The highest BCUT2D eigenvalue weighted by Crippen LogP contribution is 2.42. The summed E-state index contributed by atoms with van der Waals surface area (Å²) in [7, 11) is 0. The summed E-state index contributed by atoms with van der Waals surface area (Å²) in [6.45, 7) is 0.969. The van der Waals surface area contributed by atoms with Crippen molar-refractivity contribution in [3.63, 3.8) is 0 Å². The first-order valence-electron chi connectivity index (χ1n) is 4.21. The predicted octanol–water partition coefficient (Wildman–Crippen LogP) is 3.58. The summed E-state index contributed by atoms with van der Waals surface area (Å²) in [6.07, 6.45) is -4.91. The van der Waals surface area contributed by atoms with Crippen molar-refractivity contribution in [3.05, 3.63) is 37.8 Å². The molecule has 0 heterocycles. The molecular formula is C9H5BrF3NO3. The Kier molecular flexibility index (Phi) is 3.56. The number of ketones is 1. The molecule has 8 heteroatoms. The minimum atomic E-state index is -4.91. The van der Waals surface area contributed by atoms with Gasteiger partial charge < -0.3 is 0 Å². The number of Topliss-reactive ketones (excluding diaryl/α,β-unsaturated/α-hetero) is 1. The first-order valence-corrected chi connectivity index (χ1v) is 5.00. The Bertz CT molecular complexity index is 499. The van der Waals surface area contributed by atoms with E-state index in [-0.39, 0.29) is 0 Å². The van der Waals surface area contributed by atoms with Crippen molar-refractivity contribution in [2.24, 2.45) is 0 Å². The van der Waals surface area contributed by atoms with Gasteiger partial charge in [-0.15, -0.1) is 0 Å². The van der Waals surface area contributed by atoms with E-state index < -0.39 is 38.2 Å². The third-order valence-electron chi connectivity index (χ3n) is 1.97. The zero-order valence-electron chi connectivity index (χ0n) is 8.34. The third kappa shape index (κ3) is 2.63. The number of benzene rings is 1. The molecule has 0 radical (unpaired) electrons. The number of carbonyl (C=O) groups is 1. The van der Waals surface area contributed by atoms with E-state index in [1.807, 2.05) is 0 Å². The monoisotopic (exact) mass is 311 g/mol. The van der Waals surface area contributed by atoms with Gasteiger partial charge in [0.25, 0.3) is 5.69 Å². The molecule has 0 unspecified atom stereocenters. The van der Waals surface area contributed by atoms with E-state index in [0.717, 1.165) is 19.1 Å². The molecule has 1 aromatic rings. The van der Waals surface area contributed by atoms with Gasteiger partial charge in [0.2, 0.25) is 0 Å². The summed E-state index contributed by atoms with van der Waals surface area (Å²) in [5, 5.41) is 10.7. The van der Waals surface area contributed by atoms with Crippen molar-refractivity contribution in [3.8, 4) is 0 Å². The molecule has 0 N–H and O–H groups in total. The molecule has 0 saturated heterocycles. The number of nitro groups is 1. The van der Waals surface area contributed by atoms with Crippen molar-refractivity contribution >= 4 is 27.4 Å². The van der Waals surface area contributed by atoms with Crippen LogP contribution in [0.4, 0.5) is 18.9 Å². The van der Waals surface area contributed by atoms with E-state index in [4.69, 9.17) is 0 Å². The molecule has 0 aliphatic carbocycles.